The molecule has 16 fully saturated rings. The summed E-state index contributed by atoms with van der Waals surface area (Å²) in [5, 5.41) is 83.2. The fourth-order valence-electron chi connectivity index (χ4n) is 41.6. The van der Waals surface area contributed by atoms with Crippen molar-refractivity contribution in [2.45, 2.75) is 479 Å². The van der Waals surface area contributed by atoms with E-state index in [1.807, 2.05) is 0 Å². The Morgan fingerprint density at radius 2 is 0.791 bits per heavy atom. The number of carbonyl (C=O) groups is 3. The number of tetrazole rings is 2. The van der Waals surface area contributed by atoms with E-state index < -0.39 is 18.7 Å². The molecule has 12 unspecified atom stereocenters. The number of carbonyl (C=O) groups excluding carboxylic acids is 3. The maximum absolute atomic E-state index is 12.4. The number of nitrogens with zero attached hydrogens (tertiary/aromatic N) is 8. The Morgan fingerprint density at radius 3 is 1.15 bits per heavy atom. The summed E-state index contributed by atoms with van der Waals surface area (Å²) >= 11 is -2.79. The Labute approximate surface area is 847 Å². The van der Waals surface area contributed by atoms with Crippen molar-refractivity contribution in [2.75, 3.05) is 0 Å². The molecule has 20 nitrogen and oxygen atoms in total. The van der Waals surface area contributed by atoms with Crippen LogP contribution in [-0.2, 0) is 41.5 Å². The number of aromatic nitrogens is 8. The predicted molar refractivity (Wildman–Crippen MR) is 554 cm³/mol. The van der Waals surface area contributed by atoms with Crippen molar-refractivity contribution in [3.63, 3.8) is 0 Å². The fourth-order valence-corrected chi connectivity index (χ4v) is 56.8. The molecule has 0 aromatic carbocycles. The van der Waals surface area contributed by atoms with Crippen LogP contribution in [0, 0.1) is 232 Å². The second kappa shape index (κ2) is 44.4. The standard InChI is InChI=1S/C28H47NO4.C28H45NO2.C25H42N4O2.C25H41N4O2.3C4H9.Sn/c1-7-19-23-14-16(2)10-12-28(23,6)22-11-13-27(5)20(17(3)15-24(31)33-29)8-9-21(27)25(22)26(19)32-18(4)30;1-7-20-24-16-17(2)10-13-28(24,6)23-11-14-27(5)21(18(3)12-15-29)8-9-22(27)25(23)26(20)31-19(4)30;2*1-5-16-20-13-15(30)8-10-25(20,4)19-9-11-24(3)17(6-7-18(24)22(19)23(16)31)14(2)12-21-26-28-29-27-21;3*1-3-4-2;/h16-17,19-23,25-26H,7-15,29H2,1-6H3;17-18,20-26H,7-14,16H2,1-6H3;14-20,22-23,30-31H,5-13H2,1-4H3,(H,26,27,28,29);14-20,22-23,30-31H,5-13H2,1-4H3;3*1,3-4H2,2H3;/q;;;-1;;;;+1/t16-,17-,19-,20-,21?,22?,23+,25?,26-,27-,28-;17-,18-,20-,21-,22?,23?,24+,25?,26-,27-,28-;2*14-,15-,16-,17-,18?,19?,20+,22?,23-,24-,25-;;;;/m1111..../s1. The molecule has 0 aliphatic heterocycles. The second-order valence-electron chi connectivity index (χ2n) is 54.3. The average Bonchev–Trinajstić information content (AvgIpc) is 1.57. The summed E-state index contributed by atoms with van der Waals surface area (Å²) in [5.41, 5.74) is 2.33. The predicted octanol–water partition coefficient (Wildman–Crippen LogP) is 25.6. The van der Waals surface area contributed by atoms with Gasteiger partial charge in [0.05, 0.1) is 30.8 Å². The Morgan fingerprint density at radius 1 is 0.446 bits per heavy atom. The topological polar surface area (TPSA) is 308 Å². The first-order valence-corrected chi connectivity index (χ1v) is 66.3. The first kappa shape index (κ1) is 110. The molecular formula is C118H202N10O10Sn. The van der Waals surface area contributed by atoms with Crippen molar-refractivity contribution in [1.29, 1.82) is 5.26 Å². The van der Waals surface area contributed by atoms with Crippen molar-refractivity contribution < 1.29 is 49.1 Å². The number of hydrogen-bond acceptors (Lipinski definition) is 18. The van der Waals surface area contributed by atoms with Crippen molar-refractivity contribution in [3.8, 4) is 6.07 Å². The SMILES string of the molecule is CCC[CH2][Sn]([CH2]CCC)([CH2]CCC)[n]1nnnc1C[C@@H](C)[C@H]1CCC2C3C(CC[C@@]21C)[C@@]1(C)CC[C@@H](O)C[C@H]1[C@@H](CC)[C@H]3O.CC[C@H]1[C@@H](O)C2C3CC[C@H]([C@H](C)Cc4nn[nH]n4)[C@@]3(C)CCC2[C@@]2(C)CC[C@@H](O)C[C@@H]12.CC[C@H]1[C@@H](OC(C)=O)C2C3CC[C@H]([C@H](C)CC#N)[C@@]3(C)CCC2[C@@]2(C)CC[C@@H](C)C[C@@H]12.CC[C@H]1[C@@H](OC(C)=O)C2C3CC[C@H]([C@H](C)CC(=O)ON)[C@@]3(C)CCC2[C@@]2(C)CC[C@@H](C)C[C@@H]12. The number of nitrogens with two attached hydrogens (primary N) is 1. The molecule has 16 aliphatic carbocycles. The summed E-state index contributed by atoms with van der Waals surface area (Å²) < 4.78 is 19.3. The number of rotatable bonds is 27. The van der Waals surface area contributed by atoms with E-state index in [4.69, 9.17) is 25.7 Å². The zero-order valence-corrected chi connectivity index (χ0v) is 94.9. The van der Waals surface area contributed by atoms with Gasteiger partial charge < -0.3 is 29.6 Å². The third kappa shape index (κ3) is 20.1. The van der Waals surface area contributed by atoms with Gasteiger partial charge in [-0.15, -0.1) is 10.2 Å². The zero-order chi connectivity index (χ0) is 100. The third-order valence-corrected chi connectivity index (χ3v) is 62.7. The van der Waals surface area contributed by atoms with Crippen LogP contribution in [-0.4, -0.2) is 133 Å². The molecule has 0 amide bonds. The first-order chi connectivity index (χ1) is 66.1. The number of nitriles is 1. The van der Waals surface area contributed by atoms with Gasteiger partial charge in [-0.3, -0.25) is 14.4 Å². The number of fused-ring (bicyclic) bond motifs is 20. The van der Waals surface area contributed by atoms with Crippen LogP contribution in [0.15, 0.2) is 0 Å². The van der Waals surface area contributed by atoms with E-state index in [2.05, 4.69) is 185 Å². The van der Waals surface area contributed by atoms with Crippen molar-refractivity contribution in [2.24, 2.45) is 227 Å². The Hall–Kier alpha value is -3.36. The molecule has 2 heterocycles. The van der Waals surface area contributed by atoms with Crippen molar-refractivity contribution in [3.05, 3.63) is 11.6 Å². The average molecular weight is 2040 g/mol. The number of aliphatic hydroxyl groups is 4. The molecule has 0 saturated heterocycles. The molecule has 21 heteroatoms. The monoisotopic (exact) mass is 2040 g/mol. The van der Waals surface area contributed by atoms with Crippen LogP contribution in [0.2, 0.25) is 13.3 Å². The molecule has 2 aromatic rings. The summed E-state index contributed by atoms with van der Waals surface area (Å²) in [7, 11) is 0. The maximum Gasteiger partial charge on any atom is 0.324 e. The Kier molecular flexibility index (Phi) is 35.1. The maximum atomic E-state index is 12.4. The summed E-state index contributed by atoms with van der Waals surface area (Å²) in [6.45, 7) is 54.0. The molecular weight excluding hydrogens is 1840 g/mol. The summed E-state index contributed by atoms with van der Waals surface area (Å²) in [5.74, 6) is 23.0. The van der Waals surface area contributed by atoms with E-state index in [0.29, 0.717) is 194 Å². The van der Waals surface area contributed by atoms with Crippen LogP contribution >= 0.6 is 0 Å². The van der Waals surface area contributed by atoms with E-state index in [1.165, 1.54) is 192 Å². The third-order valence-electron chi connectivity index (χ3n) is 48.1. The number of unbranched alkanes of at least 4 members (excludes halogenated alkanes) is 3. The Bertz CT molecular complexity index is 4370. The second-order valence-corrected chi connectivity index (χ2v) is 66.8. The van der Waals surface area contributed by atoms with Crippen LogP contribution in [0.5, 0.6) is 0 Å². The van der Waals surface area contributed by atoms with E-state index in [1.54, 1.807) is 13.8 Å². The minimum absolute atomic E-state index is 0.0357. The molecule has 0 radical (unpaired) electrons. The van der Waals surface area contributed by atoms with Gasteiger partial charge >= 0.3 is 282 Å². The smallest absolute Gasteiger partial charge is 0.324 e. The normalized spacial score (nSPS) is 46.2. The summed E-state index contributed by atoms with van der Waals surface area (Å²) in [6.07, 6.45) is 48.1. The zero-order valence-electron chi connectivity index (χ0n) is 92.0. The van der Waals surface area contributed by atoms with Gasteiger partial charge in [0.2, 0.25) is 0 Å². The largest absolute Gasteiger partial charge is 0.462 e. The van der Waals surface area contributed by atoms with E-state index in [0.717, 1.165) is 101 Å². The summed E-state index contributed by atoms with van der Waals surface area (Å²) in [6, 6.07) is 2.44. The number of nitrogens with one attached hydrogen (secondary N) is 1. The molecule has 44 atom stereocenters. The van der Waals surface area contributed by atoms with Gasteiger partial charge in [0.25, 0.3) is 0 Å². The van der Waals surface area contributed by atoms with Gasteiger partial charge in [-0.05, 0) is 292 Å². The number of H-pyrrole nitrogens is 1. The molecule has 0 bridgehead atoms. The number of aromatic amines is 1. The molecule has 788 valence electrons. The van der Waals surface area contributed by atoms with Gasteiger partial charge in [0.1, 0.15) is 12.2 Å². The van der Waals surface area contributed by atoms with Crippen LogP contribution in [0.1, 0.15) is 428 Å². The van der Waals surface area contributed by atoms with Crippen molar-refractivity contribution in [1.82, 2.24) is 39.1 Å². The van der Waals surface area contributed by atoms with E-state index in [9.17, 15) is 40.1 Å². The molecule has 16 saturated carbocycles. The molecule has 7 N–H and O–H groups in total. The fraction of sp³-hybridized carbons (Fsp3) is 0.949. The van der Waals surface area contributed by atoms with Crippen LogP contribution in [0.3, 0.4) is 0 Å². The van der Waals surface area contributed by atoms with Gasteiger partial charge in [0, 0.05) is 38.5 Å². The quantitative estimate of drug-likeness (QED) is 0.0275. The van der Waals surface area contributed by atoms with Gasteiger partial charge in [-0.2, -0.15) is 16.4 Å². The van der Waals surface area contributed by atoms with Gasteiger partial charge in [-0.25, -0.2) is 0 Å². The van der Waals surface area contributed by atoms with E-state index in [-0.39, 0.29) is 82.1 Å². The van der Waals surface area contributed by atoms with Crippen LogP contribution in [0.4, 0.5) is 0 Å². The molecule has 16 aliphatic rings. The minimum Gasteiger partial charge on any atom is -0.462 e. The summed E-state index contributed by atoms with van der Waals surface area (Å²) in [4.78, 5) is 41.1. The van der Waals surface area contributed by atoms with Gasteiger partial charge in [0.15, 0.2) is 5.82 Å². The van der Waals surface area contributed by atoms with Crippen molar-refractivity contribution >= 4 is 36.6 Å². The number of aliphatic hydroxyl groups excluding tert-OH is 4. The minimum atomic E-state index is -2.79. The van der Waals surface area contributed by atoms with E-state index >= 15 is 0 Å². The van der Waals surface area contributed by atoms with Gasteiger partial charge in [-0.1, -0.05) is 121 Å². The number of hydrogen-bond donors (Lipinski definition) is 6. The Balaban J connectivity index is 0.000000142. The van der Waals surface area contributed by atoms with Crippen LogP contribution in [0.25, 0.3) is 0 Å². The number of esters is 2. The van der Waals surface area contributed by atoms with Crippen LogP contribution < -0.4 is 5.90 Å². The first-order valence-electron chi connectivity index (χ1n) is 59.0. The molecule has 139 heavy (non-hydrogen) atoms. The molecule has 0 spiro atoms. The number of ether oxygens (including phenoxy) is 2. The molecule has 18 rings (SSSR count). The molecule has 2 aromatic heterocycles.